The molecule has 0 fully saturated rings. The van der Waals surface area contributed by atoms with Crippen molar-refractivity contribution in [3.05, 3.63) is 17.7 Å². The number of aromatic nitrogens is 4. The zero-order chi connectivity index (χ0) is 13.1. The maximum atomic E-state index is 5.82. The fourth-order valence-electron chi connectivity index (χ4n) is 1.24. The molecule has 2 aromatic heterocycles. The highest BCUT2D eigenvalue weighted by Gasteiger charge is 2.12. The van der Waals surface area contributed by atoms with E-state index in [2.05, 4.69) is 25.5 Å². The number of anilines is 2. The topological polar surface area (TPSA) is 86.0 Å². The van der Waals surface area contributed by atoms with E-state index in [1.54, 1.807) is 13.0 Å². The summed E-state index contributed by atoms with van der Waals surface area (Å²) in [5, 5.41) is 10.0. The second-order valence-electron chi connectivity index (χ2n) is 3.56. The van der Waals surface area contributed by atoms with Gasteiger partial charge in [-0.05, 0) is 13.8 Å². The molecule has 8 heteroatoms. The Hall–Kier alpha value is -1.89. The largest absolute Gasteiger partial charge is 0.481 e. The van der Waals surface area contributed by atoms with E-state index in [9.17, 15) is 0 Å². The Morgan fingerprint density at radius 1 is 1.39 bits per heavy atom. The standard InChI is InChI=1S/C10H12ClN5O2/c1-5-4-7(17-3)13-9(12-5)14-10-16-15-8(18-10)6(2)11/h4,6H,1-3H3,(H,12,13,14,16). The maximum absolute atomic E-state index is 5.82. The van der Waals surface area contributed by atoms with Crippen molar-refractivity contribution in [2.24, 2.45) is 0 Å². The molecule has 0 radical (unpaired) electrons. The summed E-state index contributed by atoms with van der Waals surface area (Å²) in [6.07, 6.45) is 0. The summed E-state index contributed by atoms with van der Waals surface area (Å²) in [6, 6.07) is 1.90. The summed E-state index contributed by atoms with van der Waals surface area (Å²) in [6.45, 7) is 3.57. The molecule has 1 atom stereocenters. The molecule has 2 rings (SSSR count). The fourth-order valence-corrected chi connectivity index (χ4v) is 1.33. The Morgan fingerprint density at radius 3 is 2.78 bits per heavy atom. The number of hydrogen-bond acceptors (Lipinski definition) is 7. The van der Waals surface area contributed by atoms with E-state index in [4.69, 9.17) is 20.8 Å². The first-order valence-corrected chi connectivity index (χ1v) is 5.66. The third-order valence-electron chi connectivity index (χ3n) is 2.04. The summed E-state index contributed by atoms with van der Waals surface area (Å²) in [4.78, 5) is 8.26. The second-order valence-corrected chi connectivity index (χ2v) is 4.22. The van der Waals surface area contributed by atoms with Crippen LogP contribution in [-0.4, -0.2) is 27.3 Å². The van der Waals surface area contributed by atoms with Crippen molar-refractivity contribution in [3.63, 3.8) is 0 Å². The minimum absolute atomic E-state index is 0.185. The first-order chi connectivity index (χ1) is 8.58. The Labute approximate surface area is 109 Å². The highest BCUT2D eigenvalue weighted by Crippen LogP contribution is 2.21. The van der Waals surface area contributed by atoms with Crippen molar-refractivity contribution < 1.29 is 9.15 Å². The van der Waals surface area contributed by atoms with Gasteiger partial charge >= 0.3 is 6.01 Å². The van der Waals surface area contributed by atoms with Gasteiger partial charge in [0.2, 0.25) is 17.7 Å². The average Bonchev–Trinajstić information content (AvgIpc) is 2.76. The first-order valence-electron chi connectivity index (χ1n) is 5.22. The number of methoxy groups -OCH3 is 1. The van der Waals surface area contributed by atoms with E-state index in [0.717, 1.165) is 5.69 Å². The van der Waals surface area contributed by atoms with Gasteiger partial charge in [-0.2, -0.15) is 4.98 Å². The minimum Gasteiger partial charge on any atom is -0.481 e. The Balaban J connectivity index is 2.19. The molecule has 2 heterocycles. The van der Waals surface area contributed by atoms with Crippen molar-refractivity contribution in [2.75, 3.05) is 12.4 Å². The number of rotatable bonds is 4. The number of hydrogen-bond donors (Lipinski definition) is 1. The highest BCUT2D eigenvalue weighted by atomic mass is 35.5. The summed E-state index contributed by atoms with van der Waals surface area (Å²) in [5.74, 6) is 1.11. The molecule has 0 aliphatic carbocycles. The highest BCUT2D eigenvalue weighted by molar-refractivity contribution is 6.20. The molecule has 7 nitrogen and oxygen atoms in total. The van der Waals surface area contributed by atoms with Gasteiger partial charge in [-0.15, -0.1) is 16.7 Å². The molecule has 18 heavy (non-hydrogen) atoms. The molecule has 1 N–H and O–H groups in total. The van der Waals surface area contributed by atoms with Gasteiger partial charge in [-0.1, -0.05) is 5.10 Å². The monoisotopic (exact) mass is 269 g/mol. The first kappa shape index (κ1) is 12.6. The smallest absolute Gasteiger partial charge is 0.322 e. The average molecular weight is 270 g/mol. The van der Waals surface area contributed by atoms with Crippen LogP contribution in [0.15, 0.2) is 10.5 Å². The van der Waals surface area contributed by atoms with Crippen LogP contribution in [0.4, 0.5) is 12.0 Å². The van der Waals surface area contributed by atoms with Gasteiger partial charge in [-0.25, -0.2) is 4.98 Å². The molecular formula is C10H12ClN5O2. The van der Waals surface area contributed by atoms with Gasteiger partial charge in [0.15, 0.2) is 0 Å². The van der Waals surface area contributed by atoms with Crippen LogP contribution in [0.25, 0.3) is 0 Å². The van der Waals surface area contributed by atoms with E-state index in [-0.39, 0.29) is 11.4 Å². The molecule has 0 spiro atoms. The van der Waals surface area contributed by atoms with E-state index in [1.807, 2.05) is 6.92 Å². The lowest BCUT2D eigenvalue weighted by Gasteiger charge is -2.03. The summed E-state index contributed by atoms with van der Waals surface area (Å²) >= 11 is 5.82. The molecule has 1 unspecified atom stereocenters. The summed E-state index contributed by atoms with van der Waals surface area (Å²) < 4.78 is 10.3. The van der Waals surface area contributed by atoms with Crippen LogP contribution < -0.4 is 10.1 Å². The number of alkyl halides is 1. The predicted octanol–water partition coefficient (Wildman–Crippen LogP) is 2.22. The van der Waals surface area contributed by atoms with Crippen LogP contribution in [-0.2, 0) is 0 Å². The summed E-state index contributed by atoms with van der Waals surface area (Å²) in [5.41, 5.74) is 0.759. The third-order valence-corrected chi connectivity index (χ3v) is 2.23. The lowest BCUT2D eigenvalue weighted by Crippen LogP contribution is -2.00. The van der Waals surface area contributed by atoms with Crippen molar-refractivity contribution in [1.82, 2.24) is 20.2 Å². The van der Waals surface area contributed by atoms with Crippen LogP contribution in [0.1, 0.15) is 23.9 Å². The maximum Gasteiger partial charge on any atom is 0.322 e. The third kappa shape index (κ3) is 2.86. The van der Waals surface area contributed by atoms with Gasteiger partial charge in [0.25, 0.3) is 0 Å². The molecular weight excluding hydrogens is 258 g/mol. The molecule has 0 bridgehead atoms. The quantitative estimate of drug-likeness (QED) is 0.852. The SMILES string of the molecule is COc1cc(C)nc(Nc2nnc(C(C)Cl)o2)n1. The Bertz CT molecular complexity index is 543. The lowest BCUT2D eigenvalue weighted by molar-refractivity contribution is 0.397. The van der Waals surface area contributed by atoms with E-state index in [0.29, 0.717) is 17.7 Å². The van der Waals surface area contributed by atoms with Gasteiger partial charge in [0.1, 0.15) is 5.38 Å². The van der Waals surface area contributed by atoms with Crippen LogP contribution in [0.2, 0.25) is 0 Å². The Morgan fingerprint density at radius 2 is 2.17 bits per heavy atom. The molecule has 0 saturated heterocycles. The molecule has 0 aliphatic heterocycles. The normalized spacial score (nSPS) is 12.2. The molecule has 0 aliphatic rings. The van der Waals surface area contributed by atoms with Crippen molar-refractivity contribution in [3.8, 4) is 5.88 Å². The van der Waals surface area contributed by atoms with Gasteiger partial charge in [0, 0.05) is 11.8 Å². The summed E-state index contributed by atoms with van der Waals surface area (Å²) in [7, 11) is 1.53. The number of ether oxygens (including phenoxy) is 1. The van der Waals surface area contributed by atoms with Gasteiger partial charge in [0.05, 0.1) is 7.11 Å². The van der Waals surface area contributed by atoms with Crippen LogP contribution in [0.5, 0.6) is 5.88 Å². The molecule has 0 aromatic carbocycles. The van der Waals surface area contributed by atoms with Gasteiger partial charge in [-0.3, -0.25) is 5.32 Å². The van der Waals surface area contributed by atoms with Crippen LogP contribution >= 0.6 is 11.6 Å². The van der Waals surface area contributed by atoms with E-state index in [1.165, 1.54) is 7.11 Å². The second kappa shape index (κ2) is 5.18. The Kier molecular flexibility index (Phi) is 3.61. The minimum atomic E-state index is -0.346. The van der Waals surface area contributed by atoms with Gasteiger partial charge < -0.3 is 9.15 Å². The van der Waals surface area contributed by atoms with E-state index < -0.39 is 0 Å². The lowest BCUT2D eigenvalue weighted by atomic mass is 10.4. The number of halogens is 1. The molecule has 2 aromatic rings. The zero-order valence-corrected chi connectivity index (χ0v) is 10.9. The van der Waals surface area contributed by atoms with Crippen molar-refractivity contribution in [2.45, 2.75) is 19.2 Å². The number of nitrogens with one attached hydrogen (secondary N) is 1. The van der Waals surface area contributed by atoms with E-state index >= 15 is 0 Å². The predicted molar refractivity (Wildman–Crippen MR) is 65.2 cm³/mol. The number of nitrogens with zero attached hydrogens (tertiary/aromatic N) is 4. The van der Waals surface area contributed by atoms with Crippen molar-refractivity contribution in [1.29, 1.82) is 0 Å². The van der Waals surface area contributed by atoms with Crippen LogP contribution in [0, 0.1) is 6.92 Å². The molecule has 0 saturated carbocycles. The number of aryl methyl sites for hydroxylation is 1. The van der Waals surface area contributed by atoms with Crippen molar-refractivity contribution >= 4 is 23.6 Å². The molecule has 0 amide bonds. The fraction of sp³-hybridized carbons (Fsp3) is 0.400. The molecule has 96 valence electrons. The zero-order valence-electron chi connectivity index (χ0n) is 10.1. The van der Waals surface area contributed by atoms with Crippen LogP contribution in [0.3, 0.4) is 0 Å².